The number of nitriles is 1. The fourth-order valence-electron chi connectivity index (χ4n) is 1.96. The number of H-pyrrole nitrogens is 1. The van der Waals surface area contributed by atoms with Crippen LogP contribution in [0, 0.1) is 25.2 Å². The third kappa shape index (κ3) is 2.21. The summed E-state index contributed by atoms with van der Waals surface area (Å²) in [5.74, 6) is -0.502. The molecule has 18 heavy (non-hydrogen) atoms. The first-order valence-corrected chi connectivity index (χ1v) is 5.72. The number of fused-ring (bicyclic) bond motifs is 1. The molecule has 0 bridgehead atoms. The van der Waals surface area contributed by atoms with Gasteiger partial charge in [0.05, 0.1) is 0 Å². The van der Waals surface area contributed by atoms with Gasteiger partial charge in [0.25, 0.3) is 0 Å². The van der Waals surface area contributed by atoms with Crippen molar-refractivity contribution < 1.29 is 9.53 Å². The molecule has 1 N–H and O–H groups in total. The highest BCUT2D eigenvalue weighted by Crippen LogP contribution is 2.21. The van der Waals surface area contributed by atoms with Crippen LogP contribution in [0.1, 0.15) is 28.5 Å². The summed E-state index contributed by atoms with van der Waals surface area (Å²) in [6.07, 6.45) is -0.744. The van der Waals surface area contributed by atoms with Gasteiger partial charge in [0.2, 0.25) is 0 Å². The monoisotopic (exact) mass is 242 g/mol. The fraction of sp³-hybridized carbons (Fsp3) is 0.286. The molecule has 1 aromatic carbocycles. The molecule has 1 atom stereocenters. The molecule has 4 nitrogen and oxygen atoms in total. The molecular formula is C14H14N2O2. The molecule has 0 aliphatic carbocycles. The zero-order valence-electron chi connectivity index (χ0n) is 10.6. The number of hydrogen-bond acceptors (Lipinski definition) is 3. The first kappa shape index (κ1) is 12.2. The molecule has 0 saturated heterocycles. The van der Waals surface area contributed by atoms with Crippen LogP contribution in [-0.2, 0) is 4.74 Å². The number of aromatic nitrogens is 1. The lowest BCUT2D eigenvalue weighted by molar-refractivity contribution is 0.0429. The Hall–Kier alpha value is -2.28. The number of ether oxygens (including phenoxy) is 1. The van der Waals surface area contributed by atoms with Crippen molar-refractivity contribution >= 4 is 16.9 Å². The van der Waals surface area contributed by atoms with Crippen molar-refractivity contribution in [2.24, 2.45) is 0 Å². The normalized spacial score (nSPS) is 12.1. The Bertz CT molecular complexity index is 650. The smallest absolute Gasteiger partial charge is 0.356 e. The van der Waals surface area contributed by atoms with Crippen molar-refractivity contribution in [2.45, 2.75) is 26.9 Å². The van der Waals surface area contributed by atoms with Crippen molar-refractivity contribution in [1.29, 1.82) is 5.26 Å². The van der Waals surface area contributed by atoms with Crippen LogP contribution >= 0.6 is 0 Å². The lowest BCUT2D eigenvalue weighted by atomic mass is 10.1. The van der Waals surface area contributed by atoms with E-state index in [2.05, 4.69) is 11.1 Å². The molecule has 4 heteroatoms. The summed E-state index contributed by atoms with van der Waals surface area (Å²) in [4.78, 5) is 14.8. The summed E-state index contributed by atoms with van der Waals surface area (Å²) in [5.41, 5.74) is 3.52. The number of carbonyl (C=O) groups is 1. The predicted molar refractivity (Wildman–Crippen MR) is 68.3 cm³/mol. The largest absolute Gasteiger partial charge is 0.443 e. The summed E-state index contributed by atoms with van der Waals surface area (Å²) < 4.78 is 4.95. The molecule has 1 heterocycles. The molecule has 2 aromatic rings. The number of rotatable bonds is 2. The summed E-state index contributed by atoms with van der Waals surface area (Å²) in [6.45, 7) is 5.54. The number of nitrogens with one attached hydrogen (secondary N) is 1. The van der Waals surface area contributed by atoms with Crippen LogP contribution in [-0.4, -0.2) is 17.1 Å². The fourth-order valence-corrected chi connectivity index (χ4v) is 1.96. The molecule has 1 unspecified atom stereocenters. The van der Waals surface area contributed by atoms with Crippen LogP contribution in [0.2, 0.25) is 0 Å². The number of esters is 1. The molecule has 2 rings (SSSR count). The van der Waals surface area contributed by atoms with E-state index in [0.29, 0.717) is 5.69 Å². The standard InChI is InChI=1S/C14H14N2O2/c1-8-4-9(2)11-6-13(16-12(11)5-8)14(17)18-10(3)7-15/h4-6,10,16H,1-3H3. The third-order valence-corrected chi connectivity index (χ3v) is 2.77. The lowest BCUT2D eigenvalue weighted by Crippen LogP contribution is -2.13. The minimum atomic E-state index is -0.744. The first-order chi connectivity index (χ1) is 8.51. The van der Waals surface area contributed by atoms with Gasteiger partial charge in [-0.05, 0) is 44.0 Å². The first-order valence-electron chi connectivity index (χ1n) is 5.72. The summed E-state index contributed by atoms with van der Waals surface area (Å²) in [5, 5.41) is 9.61. The third-order valence-electron chi connectivity index (χ3n) is 2.77. The van der Waals surface area contributed by atoms with Crippen LogP contribution in [0.4, 0.5) is 0 Å². The second-order valence-electron chi connectivity index (χ2n) is 4.40. The zero-order chi connectivity index (χ0) is 13.3. The van der Waals surface area contributed by atoms with Gasteiger partial charge in [-0.1, -0.05) is 6.07 Å². The van der Waals surface area contributed by atoms with Crippen molar-refractivity contribution in [3.05, 3.63) is 35.0 Å². The quantitative estimate of drug-likeness (QED) is 0.823. The Balaban J connectivity index is 2.39. The van der Waals surface area contributed by atoms with Crippen LogP contribution in [0.5, 0.6) is 0 Å². The number of benzene rings is 1. The topological polar surface area (TPSA) is 65.9 Å². The van der Waals surface area contributed by atoms with Crippen molar-refractivity contribution in [3.8, 4) is 6.07 Å². The van der Waals surface area contributed by atoms with Gasteiger partial charge in [-0.15, -0.1) is 0 Å². The number of aromatic amines is 1. The van der Waals surface area contributed by atoms with Gasteiger partial charge in [-0.25, -0.2) is 4.79 Å². The molecule has 0 fully saturated rings. The maximum absolute atomic E-state index is 11.8. The summed E-state index contributed by atoms with van der Waals surface area (Å²) >= 11 is 0. The van der Waals surface area contributed by atoms with E-state index in [1.165, 1.54) is 6.92 Å². The van der Waals surface area contributed by atoms with Crippen molar-refractivity contribution in [3.63, 3.8) is 0 Å². The van der Waals surface area contributed by atoms with Crippen LogP contribution < -0.4 is 0 Å². The summed E-state index contributed by atoms with van der Waals surface area (Å²) in [6, 6.07) is 7.66. The highest BCUT2D eigenvalue weighted by molar-refractivity contribution is 5.96. The van der Waals surface area contributed by atoms with Gasteiger partial charge in [0, 0.05) is 10.9 Å². The van der Waals surface area contributed by atoms with Crippen molar-refractivity contribution in [2.75, 3.05) is 0 Å². The molecule has 1 aromatic heterocycles. The Morgan fingerprint density at radius 2 is 2.11 bits per heavy atom. The average Bonchev–Trinajstić information content (AvgIpc) is 2.72. The lowest BCUT2D eigenvalue weighted by Gasteiger charge is -2.03. The van der Waals surface area contributed by atoms with Gasteiger partial charge in [-0.3, -0.25) is 0 Å². The molecule has 0 amide bonds. The van der Waals surface area contributed by atoms with Crippen LogP contribution in [0.3, 0.4) is 0 Å². The van der Waals surface area contributed by atoms with E-state index in [4.69, 9.17) is 10.00 Å². The number of hydrogen-bond donors (Lipinski definition) is 1. The highest BCUT2D eigenvalue weighted by Gasteiger charge is 2.14. The Kier molecular flexibility index (Phi) is 3.07. The molecule has 0 spiro atoms. The summed E-state index contributed by atoms with van der Waals surface area (Å²) in [7, 11) is 0. The van der Waals surface area contributed by atoms with E-state index in [-0.39, 0.29) is 0 Å². The van der Waals surface area contributed by atoms with E-state index in [9.17, 15) is 4.79 Å². The van der Waals surface area contributed by atoms with E-state index >= 15 is 0 Å². The second-order valence-corrected chi connectivity index (χ2v) is 4.40. The van der Waals surface area contributed by atoms with Gasteiger partial charge < -0.3 is 9.72 Å². The Morgan fingerprint density at radius 1 is 1.39 bits per heavy atom. The van der Waals surface area contributed by atoms with Gasteiger partial charge in [0.15, 0.2) is 6.10 Å². The van der Waals surface area contributed by atoms with E-state index in [1.54, 1.807) is 6.07 Å². The van der Waals surface area contributed by atoms with Gasteiger partial charge in [-0.2, -0.15) is 5.26 Å². The number of carbonyl (C=O) groups excluding carboxylic acids is 1. The number of aryl methyl sites for hydroxylation is 2. The number of nitrogens with zero attached hydrogens (tertiary/aromatic N) is 1. The van der Waals surface area contributed by atoms with Crippen LogP contribution in [0.25, 0.3) is 10.9 Å². The van der Waals surface area contributed by atoms with Crippen LogP contribution in [0.15, 0.2) is 18.2 Å². The SMILES string of the molecule is Cc1cc(C)c2cc(C(=O)OC(C)C#N)[nH]c2c1. The highest BCUT2D eigenvalue weighted by atomic mass is 16.5. The van der Waals surface area contributed by atoms with E-state index in [0.717, 1.165) is 22.0 Å². The molecule has 0 saturated carbocycles. The van der Waals surface area contributed by atoms with E-state index in [1.807, 2.05) is 26.0 Å². The van der Waals surface area contributed by atoms with Crippen molar-refractivity contribution in [1.82, 2.24) is 4.98 Å². The second kappa shape index (κ2) is 4.53. The average molecular weight is 242 g/mol. The molecule has 92 valence electrons. The zero-order valence-corrected chi connectivity index (χ0v) is 10.6. The minimum Gasteiger partial charge on any atom is -0.443 e. The van der Waals surface area contributed by atoms with Gasteiger partial charge in [0.1, 0.15) is 11.8 Å². The molecule has 0 aliphatic rings. The van der Waals surface area contributed by atoms with Gasteiger partial charge >= 0.3 is 5.97 Å². The Labute approximate surface area is 105 Å². The predicted octanol–water partition coefficient (Wildman–Crippen LogP) is 2.85. The maximum Gasteiger partial charge on any atom is 0.356 e. The minimum absolute atomic E-state index is 0.376. The Morgan fingerprint density at radius 3 is 2.78 bits per heavy atom. The molecule has 0 radical (unpaired) electrons. The van der Waals surface area contributed by atoms with E-state index < -0.39 is 12.1 Å². The molecule has 0 aliphatic heterocycles. The maximum atomic E-state index is 11.8. The molecular weight excluding hydrogens is 228 g/mol.